The fourth-order valence-corrected chi connectivity index (χ4v) is 4.10. The summed E-state index contributed by atoms with van der Waals surface area (Å²) in [6.45, 7) is 7.15. The van der Waals surface area contributed by atoms with Crippen LogP contribution in [0.2, 0.25) is 0 Å². The molecule has 2 aliphatic heterocycles. The molecule has 0 radical (unpaired) electrons. The third-order valence-corrected chi connectivity index (χ3v) is 5.50. The number of hydrogen-bond acceptors (Lipinski definition) is 5. The molecular weight excluding hydrogens is 374 g/mol. The lowest BCUT2D eigenvalue weighted by atomic mass is 9.96. The lowest BCUT2D eigenvalue weighted by Gasteiger charge is -2.34. The lowest BCUT2D eigenvalue weighted by Crippen LogP contribution is -2.26. The van der Waals surface area contributed by atoms with E-state index in [4.69, 9.17) is 0 Å². The van der Waals surface area contributed by atoms with E-state index in [0.717, 1.165) is 47.6 Å². The van der Waals surface area contributed by atoms with E-state index in [1.54, 1.807) is 11.2 Å². The fraction of sp³-hybridized carbons (Fsp3) is 0.333. The van der Waals surface area contributed by atoms with E-state index < -0.39 is 0 Å². The Morgan fingerprint density at radius 2 is 2.10 bits per heavy atom. The maximum absolute atomic E-state index is 12.2. The summed E-state index contributed by atoms with van der Waals surface area (Å²) >= 11 is 0. The number of hydrazone groups is 1. The minimum atomic E-state index is 0.0486. The summed E-state index contributed by atoms with van der Waals surface area (Å²) in [6.07, 6.45) is 4.37. The number of rotatable bonds is 4. The van der Waals surface area contributed by atoms with Crippen LogP contribution in [-0.2, 0) is 11.2 Å². The van der Waals surface area contributed by atoms with Gasteiger partial charge in [-0.05, 0) is 60.7 Å². The molecule has 2 N–H and O–H groups in total. The number of hydrogen-bond donors (Lipinski definition) is 2. The molecule has 2 aromatic carbocycles. The Morgan fingerprint density at radius 1 is 1.27 bits per heavy atom. The van der Waals surface area contributed by atoms with Gasteiger partial charge < -0.3 is 20.5 Å². The van der Waals surface area contributed by atoms with Crippen molar-refractivity contribution in [3.63, 3.8) is 0 Å². The third kappa shape index (κ3) is 4.03. The summed E-state index contributed by atoms with van der Waals surface area (Å²) in [6, 6.07) is 12.7. The summed E-state index contributed by atoms with van der Waals surface area (Å²) in [5.74, 6) is 0.0486. The molecule has 0 saturated heterocycles. The van der Waals surface area contributed by atoms with Crippen LogP contribution in [0.25, 0.3) is 5.57 Å². The zero-order valence-electron chi connectivity index (χ0n) is 17.9. The molecule has 156 valence electrons. The molecule has 0 aromatic heterocycles. The van der Waals surface area contributed by atoms with Crippen LogP contribution in [0.4, 0.5) is 22.7 Å². The number of aryl methyl sites for hydroxylation is 1. The van der Waals surface area contributed by atoms with Gasteiger partial charge in [-0.15, -0.1) is 0 Å². The number of nitrogens with zero attached hydrogens (tertiary/aromatic N) is 3. The molecule has 0 fully saturated rings. The van der Waals surface area contributed by atoms with Crippen LogP contribution in [0.1, 0.15) is 30.9 Å². The van der Waals surface area contributed by atoms with Crippen molar-refractivity contribution in [3.05, 3.63) is 54.1 Å². The molecule has 0 spiro atoms. The number of para-hydroxylation sites is 1. The smallest absolute Gasteiger partial charge is 0.226 e. The van der Waals surface area contributed by atoms with Gasteiger partial charge in [-0.3, -0.25) is 4.79 Å². The highest BCUT2D eigenvalue weighted by molar-refractivity contribution is 6.09. The van der Waals surface area contributed by atoms with Gasteiger partial charge in [0.1, 0.15) is 0 Å². The first-order valence-corrected chi connectivity index (χ1v) is 10.4. The number of amides is 1. The van der Waals surface area contributed by atoms with Crippen molar-refractivity contribution < 1.29 is 4.79 Å². The van der Waals surface area contributed by atoms with Crippen LogP contribution in [0.3, 0.4) is 0 Å². The maximum Gasteiger partial charge on any atom is 0.226 e. The molecule has 0 aliphatic carbocycles. The van der Waals surface area contributed by atoms with Crippen LogP contribution >= 0.6 is 0 Å². The van der Waals surface area contributed by atoms with Gasteiger partial charge in [0.15, 0.2) is 0 Å². The number of allylic oxidation sites excluding steroid dienone is 1. The van der Waals surface area contributed by atoms with Crippen molar-refractivity contribution in [2.24, 2.45) is 5.10 Å². The molecular formula is C24H29N5O. The van der Waals surface area contributed by atoms with Crippen molar-refractivity contribution >= 4 is 40.4 Å². The maximum atomic E-state index is 12.2. The molecule has 2 aromatic rings. The highest BCUT2D eigenvalue weighted by atomic mass is 16.1. The highest BCUT2D eigenvalue weighted by Crippen LogP contribution is 2.42. The second-order valence-electron chi connectivity index (χ2n) is 8.21. The molecule has 2 aliphatic rings. The number of fused-ring (bicyclic) bond motifs is 2. The van der Waals surface area contributed by atoms with E-state index in [2.05, 4.69) is 51.5 Å². The largest absolute Gasteiger partial charge is 0.379 e. The fourth-order valence-electron chi connectivity index (χ4n) is 4.10. The van der Waals surface area contributed by atoms with Gasteiger partial charge in [0.25, 0.3) is 0 Å². The van der Waals surface area contributed by atoms with E-state index in [1.807, 2.05) is 33.2 Å². The molecule has 30 heavy (non-hydrogen) atoms. The normalized spacial score (nSPS) is 18.2. The monoisotopic (exact) mass is 403 g/mol. The Labute approximate surface area is 178 Å². The summed E-state index contributed by atoms with van der Waals surface area (Å²) < 4.78 is 0. The number of benzene rings is 2. The van der Waals surface area contributed by atoms with E-state index in [-0.39, 0.29) is 11.9 Å². The van der Waals surface area contributed by atoms with Crippen molar-refractivity contribution in [3.8, 4) is 0 Å². The Kier molecular flexibility index (Phi) is 5.48. The van der Waals surface area contributed by atoms with Crippen LogP contribution in [0.15, 0.2) is 48.1 Å². The van der Waals surface area contributed by atoms with E-state index >= 15 is 0 Å². The van der Waals surface area contributed by atoms with Crippen molar-refractivity contribution in [2.45, 2.75) is 32.2 Å². The SMILES string of the molecule is C=C(/C=N\N(C)C)c1ccc2c(c1)CCCN2c1cccc2c1N[C@H](C)CC(=O)N2. The van der Waals surface area contributed by atoms with Crippen molar-refractivity contribution in [1.82, 2.24) is 5.01 Å². The van der Waals surface area contributed by atoms with Crippen LogP contribution in [0, 0.1) is 0 Å². The topological polar surface area (TPSA) is 60.0 Å². The van der Waals surface area contributed by atoms with E-state index in [0.29, 0.717) is 6.42 Å². The van der Waals surface area contributed by atoms with Gasteiger partial charge in [0.2, 0.25) is 5.91 Å². The summed E-state index contributed by atoms with van der Waals surface area (Å²) in [5, 5.41) is 12.7. The number of carbonyl (C=O) groups excluding carboxylic acids is 1. The first-order valence-electron chi connectivity index (χ1n) is 10.4. The summed E-state index contributed by atoms with van der Waals surface area (Å²) in [5.41, 5.74) is 7.45. The number of nitrogens with one attached hydrogen (secondary N) is 2. The highest BCUT2D eigenvalue weighted by Gasteiger charge is 2.25. The van der Waals surface area contributed by atoms with E-state index in [1.165, 1.54) is 11.3 Å². The molecule has 0 bridgehead atoms. The average Bonchev–Trinajstić information content (AvgIpc) is 2.87. The Balaban J connectivity index is 1.70. The predicted molar refractivity (Wildman–Crippen MR) is 126 cm³/mol. The first kappa shape index (κ1) is 20.0. The van der Waals surface area contributed by atoms with Crippen LogP contribution in [0.5, 0.6) is 0 Å². The van der Waals surface area contributed by atoms with E-state index in [9.17, 15) is 4.79 Å². The van der Waals surface area contributed by atoms with Gasteiger partial charge >= 0.3 is 0 Å². The standard InChI is InChI=1S/C24H29N5O/c1-16(15-25-28(3)4)18-10-11-21-19(14-18)7-6-12-29(21)22-9-5-8-20-24(22)26-17(2)13-23(30)27-20/h5,8-11,14-15,17,26H,1,6-7,12-13H2,2-4H3,(H,27,30)/b25-15-/t17-/m1/s1. The van der Waals surface area contributed by atoms with Gasteiger partial charge in [-0.25, -0.2) is 0 Å². The molecule has 4 rings (SSSR count). The first-order chi connectivity index (χ1) is 14.4. The zero-order chi connectivity index (χ0) is 21.3. The second kappa shape index (κ2) is 8.22. The quantitative estimate of drug-likeness (QED) is 0.584. The van der Waals surface area contributed by atoms with Crippen LogP contribution in [-0.4, -0.2) is 43.8 Å². The van der Waals surface area contributed by atoms with Gasteiger partial charge in [0, 0.05) is 38.8 Å². The molecule has 1 atom stereocenters. The molecule has 6 heteroatoms. The predicted octanol–water partition coefficient (Wildman–Crippen LogP) is 4.47. The number of carbonyl (C=O) groups is 1. The van der Waals surface area contributed by atoms with Crippen LogP contribution < -0.4 is 15.5 Å². The molecule has 0 unspecified atom stereocenters. The third-order valence-electron chi connectivity index (χ3n) is 5.50. The summed E-state index contributed by atoms with van der Waals surface area (Å²) in [4.78, 5) is 14.5. The second-order valence-corrected chi connectivity index (χ2v) is 8.21. The Morgan fingerprint density at radius 3 is 2.90 bits per heavy atom. The Bertz CT molecular complexity index is 1010. The van der Waals surface area contributed by atoms with Gasteiger partial charge in [-0.2, -0.15) is 5.10 Å². The van der Waals surface area contributed by atoms with Gasteiger partial charge in [0.05, 0.1) is 23.3 Å². The zero-order valence-corrected chi connectivity index (χ0v) is 17.9. The molecule has 1 amide bonds. The lowest BCUT2D eigenvalue weighted by molar-refractivity contribution is -0.116. The molecule has 6 nitrogen and oxygen atoms in total. The average molecular weight is 404 g/mol. The molecule has 0 saturated carbocycles. The number of anilines is 4. The minimum Gasteiger partial charge on any atom is -0.379 e. The van der Waals surface area contributed by atoms with Crippen molar-refractivity contribution in [1.29, 1.82) is 0 Å². The molecule has 2 heterocycles. The minimum absolute atomic E-state index is 0.0486. The van der Waals surface area contributed by atoms with Gasteiger partial charge in [-0.1, -0.05) is 18.7 Å². The Hall–Kier alpha value is -3.28. The summed E-state index contributed by atoms with van der Waals surface area (Å²) in [7, 11) is 3.79. The van der Waals surface area contributed by atoms with Crippen molar-refractivity contribution in [2.75, 3.05) is 36.2 Å².